The number of halogens is 1. The number of aromatic hydroxyl groups is 3. The normalized spacial score (nSPS) is 10.4. The van der Waals surface area contributed by atoms with E-state index in [1.165, 1.54) is 0 Å². The first-order valence-corrected chi connectivity index (χ1v) is 6.38. The molecular weight excluding hydrogens is 280 g/mol. The maximum Gasteiger partial charge on any atom is 0.170 e. The topological polar surface area (TPSA) is 77.8 Å². The lowest BCUT2D eigenvalue weighted by atomic mass is 10.0. The molecule has 0 fully saturated rings. The van der Waals surface area contributed by atoms with Gasteiger partial charge in [-0.05, 0) is 24.1 Å². The van der Waals surface area contributed by atoms with Crippen molar-refractivity contribution in [1.29, 1.82) is 0 Å². The second-order valence-electron chi connectivity index (χ2n) is 4.41. The van der Waals surface area contributed by atoms with E-state index in [0.29, 0.717) is 11.4 Å². The summed E-state index contributed by atoms with van der Waals surface area (Å²) in [6, 6.07) is 9.17. The number of carbonyl (C=O) groups is 1. The molecule has 0 bridgehead atoms. The predicted molar refractivity (Wildman–Crippen MR) is 75.5 cm³/mol. The van der Waals surface area contributed by atoms with Gasteiger partial charge in [0, 0.05) is 23.6 Å². The first kappa shape index (κ1) is 14.2. The highest BCUT2D eigenvalue weighted by Crippen LogP contribution is 2.33. The van der Waals surface area contributed by atoms with E-state index in [0.717, 1.165) is 17.7 Å². The van der Waals surface area contributed by atoms with Gasteiger partial charge in [0.25, 0.3) is 0 Å². The number of phenolic OH excluding ortho intramolecular Hbond substituents is 3. The molecule has 0 aromatic heterocycles. The Balaban J connectivity index is 2.13. The highest BCUT2D eigenvalue weighted by molar-refractivity contribution is 6.30. The summed E-state index contributed by atoms with van der Waals surface area (Å²) < 4.78 is 0. The average molecular weight is 293 g/mol. The van der Waals surface area contributed by atoms with E-state index in [9.17, 15) is 20.1 Å². The summed E-state index contributed by atoms with van der Waals surface area (Å²) in [5, 5.41) is 29.0. The summed E-state index contributed by atoms with van der Waals surface area (Å²) in [7, 11) is 0. The number of hydrogen-bond donors (Lipinski definition) is 3. The van der Waals surface area contributed by atoms with Gasteiger partial charge in [-0.3, -0.25) is 4.79 Å². The zero-order valence-corrected chi connectivity index (χ0v) is 11.3. The molecule has 2 aromatic carbocycles. The van der Waals surface area contributed by atoms with Crippen LogP contribution in [0, 0.1) is 0 Å². The summed E-state index contributed by atoms with van der Waals surface area (Å²) in [6.45, 7) is 0. The molecule has 0 radical (unpaired) electrons. The minimum Gasteiger partial charge on any atom is -0.508 e. The highest BCUT2D eigenvalue weighted by Gasteiger charge is 2.17. The second-order valence-corrected chi connectivity index (χ2v) is 4.85. The molecule has 0 atom stereocenters. The van der Waals surface area contributed by atoms with Gasteiger partial charge in [-0.1, -0.05) is 23.7 Å². The van der Waals surface area contributed by atoms with Crippen LogP contribution in [0.5, 0.6) is 17.2 Å². The van der Waals surface area contributed by atoms with Crippen LogP contribution in [-0.2, 0) is 6.42 Å². The molecule has 0 aliphatic heterocycles. The van der Waals surface area contributed by atoms with Crippen molar-refractivity contribution in [3.05, 3.63) is 52.5 Å². The van der Waals surface area contributed by atoms with Gasteiger partial charge in [0.15, 0.2) is 5.78 Å². The number of hydrogen-bond acceptors (Lipinski definition) is 4. The van der Waals surface area contributed by atoms with Crippen molar-refractivity contribution in [3.8, 4) is 17.2 Å². The lowest BCUT2D eigenvalue weighted by Gasteiger charge is -2.07. The summed E-state index contributed by atoms with van der Waals surface area (Å²) in [6.07, 6.45) is 0.561. The number of carbonyl (C=O) groups excluding carboxylic acids is 1. The summed E-state index contributed by atoms with van der Waals surface area (Å²) >= 11 is 5.85. The number of ketones is 1. The van der Waals surface area contributed by atoms with Gasteiger partial charge in [-0.2, -0.15) is 0 Å². The molecule has 0 saturated heterocycles. The molecule has 0 unspecified atom stereocenters. The van der Waals surface area contributed by atoms with Crippen LogP contribution in [-0.4, -0.2) is 21.1 Å². The van der Waals surface area contributed by atoms with Crippen LogP contribution in [0.1, 0.15) is 22.3 Å². The van der Waals surface area contributed by atoms with Gasteiger partial charge in [0.2, 0.25) is 0 Å². The minimum atomic E-state index is -0.432. The van der Waals surface area contributed by atoms with E-state index in [1.54, 1.807) is 18.2 Å². The molecule has 2 aromatic rings. The first-order valence-electron chi connectivity index (χ1n) is 6.00. The number of aryl methyl sites for hydroxylation is 1. The Bertz CT molecular complexity index is 629. The zero-order valence-electron chi connectivity index (χ0n) is 10.5. The lowest BCUT2D eigenvalue weighted by molar-refractivity contribution is 0.0977. The van der Waals surface area contributed by atoms with E-state index >= 15 is 0 Å². The van der Waals surface area contributed by atoms with Crippen molar-refractivity contribution < 1.29 is 20.1 Å². The largest absolute Gasteiger partial charge is 0.508 e. The third kappa shape index (κ3) is 3.22. The molecule has 0 aliphatic carbocycles. The molecule has 0 heterocycles. The van der Waals surface area contributed by atoms with Crippen LogP contribution in [0.2, 0.25) is 5.02 Å². The maximum absolute atomic E-state index is 12.0. The molecular formula is C15H13ClO4. The highest BCUT2D eigenvalue weighted by atomic mass is 35.5. The minimum absolute atomic E-state index is 0.117. The lowest BCUT2D eigenvalue weighted by Crippen LogP contribution is -2.02. The Morgan fingerprint density at radius 1 is 1.05 bits per heavy atom. The molecule has 3 N–H and O–H groups in total. The molecule has 4 nitrogen and oxygen atoms in total. The molecule has 2 rings (SSSR count). The molecule has 5 heteroatoms. The van der Waals surface area contributed by atoms with Crippen LogP contribution >= 0.6 is 11.6 Å². The third-order valence-electron chi connectivity index (χ3n) is 2.89. The first-order chi connectivity index (χ1) is 9.47. The molecule has 0 amide bonds. The molecule has 104 valence electrons. The summed E-state index contributed by atoms with van der Waals surface area (Å²) in [5.41, 5.74) is 0.716. The maximum atomic E-state index is 12.0. The summed E-state index contributed by atoms with van der Waals surface area (Å²) in [4.78, 5) is 12.0. The Kier molecular flexibility index (Phi) is 4.15. The van der Waals surface area contributed by atoms with Gasteiger partial charge in [-0.25, -0.2) is 0 Å². The van der Waals surface area contributed by atoms with Crippen LogP contribution < -0.4 is 0 Å². The zero-order chi connectivity index (χ0) is 14.7. The van der Waals surface area contributed by atoms with E-state index in [4.69, 9.17) is 11.6 Å². The number of rotatable bonds is 4. The second kappa shape index (κ2) is 5.84. The number of Topliss-reactive ketones (excluding diaryl/α,β-unsaturated/α-hetero) is 1. The Morgan fingerprint density at radius 2 is 1.70 bits per heavy atom. The van der Waals surface area contributed by atoms with Crippen LogP contribution in [0.4, 0.5) is 0 Å². The van der Waals surface area contributed by atoms with Crippen molar-refractivity contribution >= 4 is 17.4 Å². The number of phenols is 3. The Labute approximate surface area is 120 Å². The standard InChI is InChI=1S/C15H13ClO4/c16-10-3-1-2-9(6-10)4-5-12(18)15-13(19)7-11(17)8-14(15)20/h1-3,6-8,17,19-20H,4-5H2. The smallest absolute Gasteiger partial charge is 0.170 e. The van der Waals surface area contributed by atoms with E-state index < -0.39 is 17.3 Å². The van der Waals surface area contributed by atoms with Crippen LogP contribution in [0.3, 0.4) is 0 Å². The van der Waals surface area contributed by atoms with Crippen molar-refractivity contribution in [1.82, 2.24) is 0 Å². The predicted octanol–water partition coefficient (Wildman–Crippen LogP) is 3.27. The molecule has 0 spiro atoms. The quantitative estimate of drug-likeness (QED) is 0.756. The van der Waals surface area contributed by atoms with Crippen molar-refractivity contribution in [3.63, 3.8) is 0 Å². The van der Waals surface area contributed by atoms with E-state index in [1.807, 2.05) is 6.07 Å². The Hall–Kier alpha value is -2.20. The van der Waals surface area contributed by atoms with Gasteiger partial charge >= 0.3 is 0 Å². The van der Waals surface area contributed by atoms with E-state index in [2.05, 4.69) is 0 Å². The van der Waals surface area contributed by atoms with Gasteiger partial charge in [0.05, 0.1) is 0 Å². The van der Waals surface area contributed by atoms with Crippen molar-refractivity contribution in [2.75, 3.05) is 0 Å². The third-order valence-corrected chi connectivity index (χ3v) is 3.13. The SMILES string of the molecule is O=C(CCc1cccc(Cl)c1)c1c(O)cc(O)cc1O. The average Bonchev–Trinajstić information content (AvgIpc) is 2.35. The van der Waals surface area contributed by atoms with Gasteiger partial charge in [0.1, 0.15) is 22.8 Å². The fourth-order valence-corrected chi connectivity index (χ4v) is 2.17. The fraction of sp³-hybridized carbons (Fsp3) is 0.133. The van der Waals surface area contributed by atoms with Crippen molar-refractivity contribution in [2.45, 2.75) is 12.8 Å². The summed E-state index contributed by atoms with van der Waals surface area (Å²) in [5.74, 6) is -1.57. The van der Waals surface area contributed by atoms with E-state index in [-0.39, 0.29) is 17.7 Å². The number of benzene rings is 2. The molecule has 0 aliphatic rings. The van der Waals surface area contributed by atoms with Crippen LogP contribution in [0.25, 0.3) is 0 Å². The molecule has 0 saturated carbocycles. The fourth-order valence-electron chi connectivity index (χ4n) is 1.96. The molecule has 20 heavy (non-hydrogen) atoms. The van der Waals surface area contributed by atoms with Gasteiger partial charge in [-0.15, -0.1) is 0 Å². The van der Waals surface area contributed by atoms with Crippen LogP contribution in [0.15, 0.2) is 36.4 Å². The van der Waals surface area contributed by atoms with Crippen molar-refractivity contribution in [2.24, 2.45) is 0 Å². The van der Waals surface area contributed by atoms with Gasteiger partial charge < -0.3 is 15.3 Å². The monoisotopic (exact) mass is 292 g/mol. The Morgan fingerprint density at radius 3 is 2.30 bits per heavy atom.